The number of benzene rings is 3. The average Bonchev–Trinajstić information content (AvgIpc) is 2.72. The van der Waals surface area contributed by atoms with Crippen LogP contribution in [0, 0.1) is 29.1 Å². The zero-order chi connectivity index (χ0) is 20.4. The van der Waals surface area contributed by atoms with Gasteiger partial charge in [-0.25, -0.2) is 0 Å². The van der Waals surface area contributed by atoms with E-state index < -0.39 is 72.1 Å². The van der Waals surface area contributed by atoms with E-state index in [0.29, 0.717) is 4.90 Å². The summed E-state index contributed by atoms with van der Waals surface area (Å²) in [7, 11) is -3.61. The summed E-state index contributed by atoms with van der Waals surface area (Å²) in [6, 6.07) is 13.2. The molecule has 0 saturated carbocycles. The van der Waals surface area contributed by atoms with Gasteiger partial charge >= 0.3 is 168 Å². The molecule has 0 heterocycles. The molecule has 0 amide bonds. The van der Waals surface area contributed by atoms with E-state index in [0.717, 1.165) is 6.07 Å². The fourth-order valence-corrected chi connectivity index (χ4v) is 10.9. The number of hydrogen-bond acceptors (Lipinski definition) is 2. The van der Waals surface area contributed by atoms with Gasteiger partial charge in [-0.15, -0.1) is 0 Å². The van der Waals surface area contributed by atoms with E-state index in [1.165, 1.54) is 18.2 Å². The Morgan fingerprint density at radius 3 is 1.71 bits per heavy atom. The van der Waals surface area contributed by atoms with E-state index in [-0.39, 0.29) is 4.90 Å². The van der Waals surface area contributed by atoms with Crippen LogP contribution in [-0.2, 0) is 19.2 Å². The standard InChI is InChI=1S/C18H9F5O2S2Se/c19-14-13(15(20)17(22)18(23)16(14)21)11-8-4-5-9-12(11)27(25)28-26(24)10-6-2-1-3-7-10/h1-9H. The van der Waals surface area contributed by atoms with Gasteiger partial charge in [0, 0.05) is 0 Å². The van der Waals surface area contributed by atoms with Crippen molar-refractivity contribution in [3.8, 4) is 11.1 Å². The SMILES string of the molecule is [O-][S+]([Se][S+]([O-])c1ccccc1-c1c(F)c(F)c(F)c(F)c1F)c1ccccc1. The predicted octanol–water partition coefficient (Wildman–Crippen LogP) is 4.50. The summed E-state index contributed by atoms with van der Waals surface area (Å²) in [6.45, 7) is 0. The monoisotopic (exact) mass is 496 g/mol. The first-order chi connectivity index (χ1) is 13.3. The van der Waals surface area contributed by atoms with Gasteiger partial charge in [0.2, 0.25) is 0 Å². The van der Waals surface area contributed by atoms with Gasteiger partial charge in [-0.05, 0) is 0 Å². The fraction of sp³-hybridized carbons (Fsp3) is 0. The zero-order valence-corrected chi connectivity index (χ0v) is 17.0. The molecule has 0 aromatic heterocycles. The van der Waals surface area contributed by atoms with Crippen molar-refractivity contribution in [3.05, 3.63) is 83.7 Å². The van der Waals surface area contributed by atoms with Gasteiger partial charge < -0.3 is 0 Å². The van der Waals surface area contributed by atoms with Crippen LogP contribution in [0.1, 0.15) is 0 Å². The number of rotatable bonds is 5. The maximum atomic E-state index is 14.2. The molecule has 0 N–H and O–H groups in total. The molecule has 0 aliphatic rings. The molecule has 2 nitrogen and oxygen atoms in total. The summed E-state index contributed by atoms with van der Waals surface area (Å²) in [4.78, 5) is 0.263. The number of halogens is 5. The van der Waals surface area contributed by atoms with E-state index in [1.54, 1.807) is 30.3 Å². The molecule has 0 aliphatic carbocycles. The van der Waals surface area contributed by atoms with Crippen LogP contribution in [0.2, 0.25) is 0 Å². The molecule has 146 valence electrons. The zero-order valence-electron chi connectivity index (χ0n) is 13.6. The molecule has 2 unspecified atom stereocenters. The molecule has 3 aromatic rings. The Morgan fingerprint density at radius 1 is 0.607 bits per heavy atom. The summed E-state index contributed by atoms with van der Waals surface area (Å²) in [5.74, 6) is -10.5. The van der Waals surface area contributed by atoms with Gasteiger partial charge in [-0.3, -0.25) is 0 Å². The molecule has 3 aromatic carbocycles. The summed E-state index contributed by atoms with van der Waals surface area (Å²) < 4.78 is 93.9. The quantitative estimate of drug-likeness (QED) is 0.172. The molecule has 0 fully saturated rings. The first kappa shape index (κ1) is 21.2. The van der Waals surface area contributed by atoms with Crippen LogP contribution in [0.25, 0.3) is 11.1 Å². The fourth-order valence-electron chi connectivity index (χ4n) is 2.32. The maximum absolute atomic E-state index is 14.2. The second-order valence-corrected chi connectivity index (χ2v) is 14.1. The van der Waals surface area contributed by atoms with Gasteiger partial charge in [0.1, 0.15) is 0 Å². The predicted molar refractivity (Wildman–Crippen MR) is 96.7 cm³/mol. The van der Waals surface area contributed by atoms with E-state index in [2.05, 4.69) is 0 Å². The van der Waals surface area contributed by atoms with Crippen molar-refractivity contribution in [2.24, 2.45) is 0 Å². The first-order valence-electron chi connectivity index (χ1n) is 7.51. The molecule has 0 radical (unpaired) electrons. The average molecular weight is 495 g/mol. The Labute approximate surface area is 167 Å². The van der Waals surface area contributed by atoms with Gasteiger partial charge in [0.05, 0.1) is 0 Å². The van der Waals surface area contributed by atoms with Gasteiger partial charge in [-0.1, -0.05) is 0 Å². The van der Waals surface area contributed by atoms with E-state index in [1.807, 2.05) is 0 Å². The van der Waals surface area contributed by atoms with Crippen LogP contribution in [0.3, 0.4) is 0 Å². The Kier molecular flexibility index (Phi) is 6.69. The van der Waals surface area contributed by atoms with Crippen LogP contribution >= 0.6 is 0 Å². The summed E-state index contributed by atoms with van der Waals surface area (Å²) in [6.07, 6.45) is 0. The van der Waals surface area contributed by atoms with E-state index >= 15 is 0 Å². The van der Waals surface area contributed by atoms with Crippen molar-refractivity contribution in [2.75, 3.05) is 0 Å². The van der Waals surface area contributed by atoms with Crippen molar-refractivity contribution >= 4 is 31.9 Å². The minimum atomic E-state index is -2.27. The summed E-state index contributed by atoms with van der Waals surface area (Å²) in [5, 5.41) is 0. The Morgan fingerprint density at radius 2 is 1.11 bits per heavy atom. The summed E-state index contributed by atoms with van der Waals surface area (Å²) >= 11 is -1.07. The Balaban J connectivity index is 2.03. The minimum absolute atomic E-state index is 0.157. The van der Waals surface area contributed by atoms with Crippen LogP contribution in [0.5, 0.6) is 0 Å². The molecule has 0 bridgehead atoms. The van der Waals surface area contributed by atoms with Crippen molar-refractivity contribution < 1.29 is 31.1 Å². The molecule has 2 atom stereocenters. The van der Waals surface area contributed by atoms with Gasteiger partial charge in [-0.2, -0.15) is 0 Å². The molecule has 0 aliphatic heterocycles. The van der Waals surface area contributed by atoms with Crippen molar-refractivity contribution in [3.63, 3.8) is 0 Å². The molecular formula is C18H9F5O2S2Se. The topological polar surface area (TPSA) is 46.1 Å². The Hall–Kier alpha value is -1.55. The van der Waals surface area contributed by atoms with Crippen LogP contribution < -0.4 is 0 Å². The van der Waals surface area contributed by atoms with Crippen LogP contribution in [0.15, 0.2) is 64.4 Å². The molecule has 28 heavy (non-hydrogen) atoms. The van der Waals surface area contributed by atoms with Gasteiger partial charge in [0.15, 0.2) is 0 Å². The molecule has 0 spiro atoms. The third-order valence-electron chi connectivity index (χ3n) is 3.61. The molecule has 10 heteroatoms. The Bertz CT molecular complexity index is 978. The van der Waals surface area contributed by atoms with Crippen molar-refractivity contribution in [1.29, 1.82) is 0 Å². The number of hydrogen-bond donors (Lipinski definition) is 0. The van der Waals surface area contributed by atoms with Crippen molar-refractivity contribution in [1.82, 2.24) is 0 Å². The van der Waals surface area contributed by atoms with Crippen LogP contribution in [0.4, 0.5) is 22.0 Å². The summed E-state index contributed by atoms with van der Waals surface area (Å²) in [5.41, 5.74) is -1.57. The van der Waals surface area contributed by atoms with E-state index in [4.69, 9.17) is 0 Å². The third kappa shape index (κ3) is 4.07. The molecular weight excluding hydrogens is 486 g/mol. The molecule has 3 rings (SSSR count). The second kappa shape index (κ2) is 8.85. The van der Waals surface area contributed by atoms with Crippen molar-refractivity contribution in [2.45, 2.75) is 9.79 Å². The molecule has 0 saturated heterocycles. The van der Waals surface area contributed by atoms with E-state index in [9.17, 15) is 31.1 Å². The second-order valence-electron chi connectivity index (χ2n) is 5.29. The van der Waals surface area contributed by atoms with Gasteiger partial charge in [0.25, 0.3) is 0 Å². The third-order valence-corrected chi connectivity index (χ3v) is 13.0. The van der Waals surface area contributed by atoms with Crippen LogP contribution in [-0.4, -0.2) is 21.8 Å². The normalized spacial score (nSPS) is 13.4. The first-order valence-corrected chi connectivity index (χ1v) is 13.9.